The monoisotopic (exact) mass is 308 g/mol. The zero-order valence-corrected chi connectivity index (χ0v) is 12.6. The molecule has 0 radical (unpaired) electrons. The summed E-state index contributed by atoms with van der Waals surface area (Å²) in [5.74, 6) is 0.766. The van der Waals surface area contributed by atoms with Crippen LogP contribution in [0.2, 0.25) is 0 Å². The minimum absolute atomic E-state index is 0. The molecule has 3 saturated heterocycles. The van der Waals surface area contributed by atoms with Crippen molar-refractivity contribution in [2.24, 2.45) is 10.9 Å². The van der Waals surface area contributed by atoms with Crippen LogP contribution in [0.3, 0.4) is 0 Å². The molecular formula is C15H21BrN2. The molecule has 0 unspecified atom stereocenters. The third-order valence-corrected chi connectivity index (χ3v) is 4.57. The summed E-state index contributed by atoms with van der Waals surface area (Å²) in [5.41, 5.74) is 2.58. The summed E-state index contributed by atoms with van der Waals surface area (Å²) in [6.45, 7) is 7.52. The van der Waals surface area contributed by atoms with Crippen molar-refractivity contribution in [1.29, 1.82) is 0 Å². The molecule has 3 heteroatoms. The summed E-state index contributed by atoms with van der Waals surface area (Å²) in [7, 11) is 0. The molecule has 98 valence electrons. The van der Waals surface area contributed by atoms with Gasteiger partial charge in [-0.25, -0.2) is 0 Å². The van der Waals surface area contributed by atoms with Crippen LogP contribution in [0.4, 0.5) is 5.69 Å². The van der Waals surface area contributed by atoms with E-state index in [0.717, 1.165) is 11.6 Å². The normalized spacial score (nSPS) is 32.3. The quantitative estimate of drug-likeness (QED) is 0.683. The third-order valence-electron chi connectivity index (χ3n) is 4.57. The number of rotatable bonds is 2. The largest absolute Gasteiger partial charge is 1.00 e. The molecule has 3 aliphatic rings. The van der Waals surface area contributed by atoms with Gasteiger partial charge < -0.3 is 21.5 Å². The average Bonchev–Trinajstić information content (AvgIpc) is 2.41. The minimum Gasteiger partial charge on any atom is -1.00 e. The van der Waals surface area contributed by atoms with Gasteiger partial charge in [-0.15, -0.1) is 0 Å². The van der Waals surface area contributed by atoms with E-state index in [4.69, 9.17) is 4.99 Å². The van der Waals surface area contributed by atoms with E-state index in [1.54, 1.807) is 0 Å². The number of quaternary nitrogens is 1. The van der Waals surface area contributed by atoms with Crippen LogP contribution in [0.1, 0.15) is 19.8 Å². The molecular weight excluding hydrogens is 288 g/mol. The van der Waals surface area contributed by atoms with E-state index in [0.29, 0.717) is 0 Å². The van der Waals surface area contributed by atoms with Gasteiger partial charge >= 0.3 is 0 Å². The molecule has 0 saturated carbocycles. The number of hydrogen-bond donors (Lipinski definition) is 0. The molecule has 0 aromatic heterocycles. The molecule has 0 amide bonds. The van der Waals surface area contributed by atoms with E-state index < -0.39 is 0 Å². The van der Waals surface area contributed by atoms with Gasteiger partial charge in [-0.1, -0.05) is 18.2 Å². The lowest BCUT2D eigenvalue weighted by Gasteiger charge is -2.49. The molecule has 18 heavy (non-hydrogen) atoms. The number of para-hydroxylation sites is 1. The van der Waals surface area contributed by atoms with Crippen molar-refractivity contribution < 1.29 is 21.5 Å². The maximum Gasteiger partial charge on any atom is 0.118 e. The van der Waals surface area contributed by atoms with Crippen molar-refractivity contribution in [3.8, 4) is 0 Å². The molecule has 3 heterocycles. The Bertz CT molecular complexity index is 419. The van der Waals surface area contributed by atoms with Crippen LogP contribution < -0.4 is 17.0 Å². The van der Waals surface area contributed by atoms with Crippen molar-refractivity contribution in [2.75, 3.05) is 26.2 Å². The van der Waals surface area contributed by atoms with E-state index in [1.807, 2.05) is 0 Å². The molecule has 1 aromatic rings. The highest BCUT2D eigenvalue weighted by Gasteiger charge is 2.42. The Morgan fingerprint density at radius 1 is 1.17 bits per heavy atom. The van der Waals surface area contributed by atoms with Crippen molar-refractivity contribution in [1.82, 2.24) is 0 Å². The Morgan fingerprint density at radius 2 is 1.83 bits per heavy atom. The summed E-state index contributed by atoms with van der Waals surface area (Å²) < 4.78 is 1.28. The highest BCUT2D eigenvalue weighted by molar-refractivity contribution is 5.91. The summed E-state index contributed by atoms with van der Waals surface area (Å²) in [5, 5.41) is 0. The lowest BCUT2D eigenvalue weighted by Crippen LogP contribution is -3.00. The van der Waals surface area contributed by atoms with E-state index >= 15 is 0 Å². The van der Waals surface area contributed by atoms with Gasteiger partial charge in [0.05, 0.1) is 31.0 Å². The molecule has 0 spiro atoms. The lowest BCUT2D eigenvalue weighted by molar-refractivity contribution is -0.928. The first-order valence-electron chi connectivity index (χ1n) is 6.79. The van der Waals surface area contributed by atoms with Gasteiger partial charge in [0.25, 0.3) is 0 Å². The fourth-order valence-corrected chi connectivity index (χ4v) is 3.30. The molecule has 3 fully saturated rings. The maximum atomic E-state index is 4.89. The molecule has 2 bridgehead atoms. The van der Waals surface area contributed by atoms with E-state index in [-0.39, 0.29) is 17.0 Å². The third kappa shape index (κ3) is 2.52. The van der Waals surface area contributed by atoms with Gasteiger partial charge in [0, 0.05) is 18.8 Å². The second kappa shape index (κ2) is 5.54. The smallest absolute Gasteiger partial charge is 0.118 e. The standard InChI is InChI=1S/C15H21N2.BrH/c1-2-17-10-8-13(9-11-17)15(12-17)16-14-6-4-3-5-7-14;/h3-7,13H,2,8-12H2,1H3;1H/q+1;/p-1. The molecule has 4 rings (SSSR count). The van der Waals surface area contributed by atoms with E-state index in [1.165, 1.54) is 49.2 Å². The second-order valence-corrected chi connectivity index (χ2v) is 5.48. The fourth-order valence-electron chi connectivity index (χ4n) is 3.30. The molecule has 3 aliphatic heterocycles. The number of hydrogen-bond acceptors (Lipinski definition) is 1. The number of halogens is 1. The van der Waals surface area contributed by atoms with E-state index in [9.17, 15) is 0 Å². The number of benzene rings is 1. The van der Waals surface area contributed by atoms with Gasteiger partial charge in [-0.2, -0.15) is 0 Å². The van der Waals surface area contributed by atoms with Crippen LogP contribution in [0, 0.1) is 5.92 Å². The van der Waals surface area contributed by atoms with Gasteiger partial charge in [0.1, 0.15) is 6.54 Å². The first-order chi connectivity index (χ1) is 8.31. The van der Waals surface area contributed by atoms with E-state index in [2.05, 4.69) is 37.3 Å². The highest BCUT2D eigenvalue weighted by Crippen LogP contribution is 2.33. The Labute approximate surface area is 120 Å². The SMILES string of the molecule is CC[N+]12CCC(CC1)C(=Nc1ccccc1)C2.[Br-]. The maximum absolute atomic E-state index is 4.89. The van der Waals surface area contributed by atoms with Gasteiger partial charge in [0.15, 0.2) is 0 Å². The number of nitrogens with zero attached hydrogens (tertiary/aromatic N) is 2. The number of piperidine rings is 3. The predicted molar refractivity (Wildman–Crippen MR) is 71.7 cm³/mol. The molecule has 2 nitrogen and oxygen atoms in total. The number of fused-ring (bicyclic) bond motifs is 3. The Kier molecular flexibility index (Phi) is 4.23. The van der Waals surface area contributed by atoms with Crippen LogP contribution in [0.5, 0.6) is 0 Å². The molecule has 0 aliphatic carbocycles. The van der Waals surface area contributed by atoms with Gasteiger partial charge in [0.2, 0.25) is 0 Å². The Hall–Kier alpha value is -0.670. The van der Waals surface area contributed by atoms with Gasteiger partial charge in [-0.05, 0) is 19.1 Å². The molecule has 0 N–H and O–H groups in total. The van der Waals surface area contributed by atoms with Crippen molar-refractivity contribution in [3.05, 3.63) is 30.3 Å². The van der Waals surface area contributed by atoms with Crippen LogP contribution in [-0.2, 0) is 0 Å². The molecule has 0 atom stereocenters. The van der Waals surface area contributed by atoms with Crippen molar-refractivity contribution >= 4 is 11.4 Å². The van der Waals surface area contributed by atoms with Crippen LogP contribution in [-0.4, -0.2) is 36.4 Å². The summed E-state index contributed by atoms with van der Waals surface area (Å²) in [4.78, 5) is 4.89. The first kappa shape index (κ1) is 13.8. The predicted octanol–water partition coefficient (Wildman–Crippen LogP) is 0.0234. The Morgan fingerprint density at radius 3 is 2.44 bits per heavy atom. The number of aliphatic imine (C=N–C) groups is 1. The minimum atomic E-state index is 0. The summed E-state index contributed by atoms with van der Waals surface area (Å²) >= 11 is 0. The zero-order chi connectivity index (χ0) is 11.7. The fraction of sp³-hybridized carbons (Fsp3) is 0.533. The van der Waals surface area contributed by atoms with Crippen LogP contribution in [0.15, 0.2) is 35.3 Å². The average molecular weight is 309 g/mol. The van der Waals surface area contributed by atoms with Crippen molar-refractivity contribution in [3.63, 3.8) is 0 Å². The van der Waals surface area contributed by atoms with Crippen LogP contribution in [0.25, 0.3) is 0 Å². The van der Waals surface area contributed by atoms with Crippen LogP contribution >= 0.6 is 0 Å². The lowest BCUT2D eigenvalue weighted by atomic mass is 9.84. The Balaban J connectivity index is 0.00000120. The first-order valence-corrected chi connectivity index (χ1v) is 6.79. The molecule has 1 aromatic carbocycles. The second-order valence-electron chi connectivity index (χ2n) is 5.48. The summed E-state index contributed by atoms with van der Waals surface area (Å²) in [6, 6.07) is 10.4. The van der Waals surface area contributed by atoms with Crippen molar-refractivity contribution in [2.45, 2.75) is 19.8 Å². The van der Waals surface area contributed by atoms with Gasteiger partial charge in [-0.3, -0.25) is 4.99 Å². The summed E-state index contributed by atoms with van der Waals surface area (Å²) in [6.07, 6.45) is 2.69. The zero-order valence-electron chi connectivity index (χ0n) is 11.0. The topological polar surface area (TPSA) is 12.4 Å². The highest BCUT2D eigenvalue weighted by atomic mass is 79.9.